The Morgan fingerprint density at radius 1 is 1.50 bits per heavy atom. The highest BCUT2D eigenvalue weighted by Gasteiger charge is 2.45. The molecular formula is C12H22N2O4. The Hall–Kier alpha value is -1.30. The maximum Gasteiger partial charge on any atom is 0.315 e. The number of carbonyl (C=O) groups excluding carboxylic acids is 1. The molecule has 0 aliphatic heterocycles. The Morgan fingerprint density at radius 2 is 2.22 bits per heavy atom. The Kier molecular flexibility index (Phi) is 5.40. The summed E-state index contributed by atoms with van der Waals surface area (Å²) in [5, 5.41) is 14.7. The van der Waals surface area contributed by atoms with Crippen molar-refractivity contribution >= 4 is 12.0 Å². The van der Waals surface area contributed by atoms with Gasteiger partial charge in [0.15, 0.2) is 0 Å². The highest BCUT2D eigenvalue weighted by molar-refractivity contribution is 5.79. The van der Waals surface area contributed by atoms with Crippen LogP contribution in [-0.4, -0.2) is 43.4 Å². The van der Waals surface area contributed by atoms with Gasteiger partial charge in [-0.2, -0.15) is 0 Å². The van der Waals surface area contributed by atoms with Crippen molar-refractivity contribution in [1.82, 2.24) is 10.6 Å². The first-order valence-electron chi connectivity index (χ1n) is 6.27. The minimum Gasteiger partial charge on any atom is -0.481 e. The van der Waals surface area contributed by atoms with Gasteiger partial charge in [0.1, 0.15) is 0 Å². The summed E-state index contributed by atoms with van der Waals surface area (Å²) in [6.45, 7) is 2.81. The predicted octanol–water partition coefficient (Wildman–Crippen LogP) is 0.965. The molecule has 0 aromatic carbocycles. The van der Waals surface area contributed by atoms with Gasteiger partial charge in [0.2, 0.25) is 0 Å². The van der Waals surface area contributed by atoms with E-state index in [2.05, 4.69) is 10.6 Å². The van der Waals surface area contributed by atoms with Crippen LogP contribution in [0.5, 0.6) is 0 Å². The summed E-state index contributed by atoms with van der Waals surface area (Å²) in [4.78, 5) is 22.8. The average Bonchev–Trinajstić information content (AvgIpc) is 2.68. The summed E-state index contributed by atoms with van der Waals surface area (Å²) in [6.07, 6.45) is 2.90. The summed E-state index contributed by atoms with van der Waals surface area (Å²) >= 11 is 0. The van der Waals surface area contributed by atoms with Gasteiger partial charge in [-0.3, -0.25) is 4.79 Å². The fourth-order valence-corrected chi connectivity index (χ4v) is 2.28. The van der Waals surface area contributed by atoms with Crippen LogP contribution in [0.25, 0.3) is 0 Å². The van der Waals surface area contributed by atoms with Gasteiger partial charge in [-0.05, 0) is 26.2 Å². The molecule has 2 amide bonds. The second kappa shape index (κ2) is 6.58. The Morgan fingerprint density at radius 3 is 2.83 bits per heavy atom. The second-order valence-corrected chi connectivity index (χ2v) is 4.91. The number of nitrogens with one attached hydrogen (secondary N) is 2. The van der Waals surface area contributed by atoms with Gasteiger partial charge in [-0.1, -0.05) is 6.42 Å². The van der Waals surface area contributed by atoms with Crippen LogP contribution < -0.4 is 10.6 Å². The first-order valence-corrected chi connectivity index (χ1v) is 6.27. The van der Waals surface area contributed by atoms with Crippen LogP contribution in [0, 0.1) is 5.41 Å². The monoisotopic (exact) mass is 258 g/mol. The van der Waals surface area contributed by atoms with Crippen LogP contribution in [0.15, 0.2) is 0 Å². The number of methoxy groups -OCH3 is 1. The van der Waals surface area contributed by atoms with Crippen molar-refractivity contribution < 1.29 is 19.4 Å². The molecule has 6 heteroatoms. The lowest BCUT2D eigenvalue weighted by Crippen LogP contribution is -2.50. The number of urea groups is 1. The number of hydrogen-bond acceptors (Lipinski definition) is 3. The van der Waals surface area contributed by atoms with Crippen LogP contribution >= 0.6 is 0 Å². The number of carboxylic acid groups (broad SMARTS) is 1. The molecule has 0 heterocycles. The molecule has 1 aliphatic rings. The molecule has 0 bridgehead atoms. The predicted molar refractivity (Wildman–Crippen MR) is 66.4 cm³/mol. The number of carbonyl (C=O) groups is 2. The van der Waals surface area contributed by atoms with Crippen LogP contribution in [0.3, 0.4) is 0 Å². The van der Waals surface area contributed by atoms with Crippen LogP contribution in [-0.2, 0) is 9.53 Å². The van der Waals surface area contributed by atoms with E-state index in [4.69, 9.17) is 4.74 Å². The van der Waals surface area contributed by atoms with E-state index in [-0.39, 0.29) is 12.1 Å². The topological polar surface area (TPSA) is 87.7 Å². The molecule has 0 aromatic heterocycles. The van der Waals surface area contributed by atoms with Crippen LogP contribution in [0.4, 0.5) is 4.79 Å². The molecule has 6 nitrogen and oxygen atoms in total. The average molecular weight is 258 g/mol. The standard InChI is InChI=1S/C12H22N2O4/c1-12(10(15)16)6-3-5-9(12)14-11(17)13-7-4-8-18-2/h9H,3-8H2,1-2H3,(H,15,16)(H2,13,14,17). The number of aliphatic carboxylic acids is 1. The Labute approximate surface area is 107 Å². The molecule has 0 saturated heterocycles. The largest absolute Gasteiger partial charge is 0.481 e. The van der Waals surface area contributed by atoms with Crippen molar-refractivity contribution in [2.45, 2.75) is 38.6 Å². The Bertz CT molecular complexity index is 308. The first-order chi connectivity index (χ1) is 8.50. The van der Waals surface area contributed by atoms with Gasteiger partial charge >= 0.3 is 12.0 Å². The minimum absolute atomic E-state index is 0.294. The third kappa shape index (κ3) is 3.60. The third-order valence-electron chi connectivity index (χ3n) is 3.56. The van der Waals surface area contributed by atoms with E-state index in [1.54, 1.807) is 14.0 Å². The summed E-state index contributed by atoms with van der Waals surface area (Å²) in [7, 11) is 1.61. The fraction of sp³-hybridized carbons (Fsp3) is 0.833. The zero-order valence-electron chi connectivity index (χ0n) is 11.0. The van der Waals surface area contributed by atoms with E-state index < -0.39 is 11.4 Å². The van der Waals surface area contributed by atoms with Gasteiger partial charge in [-0.25, -0.2) is 4.79 Å². The zero-order chi connectivity index (χ0) is 13.6. The highest BCUT2D eigenvalue weighted by Crippen LogP contribution is 2.38. The summed E-state index contributed by atoms with van der Waals surface area (Å²) in [5.41, 5.74) is -0.843. The number of hydrogen-bond donors (Lipinski definition) is 3. The SMILES string of the molecule is COCCCNC(=O)NC1CCCC1(C)C(=O)O. The van der Waals surface area contributed by atoms with E-state index >= 15 is 0 Å². The van der Waals surface area contributed by atoms with Gasteiger partial charge < -0.3 is 20.5 Å². The summed E-state index contributed by atoms with van der Waals surface area (Å²) in [6, 6.07) is -0.595. The van der Waals surface area contributed by atoms with E-state index in [0.717, 1.165) is 12.8 Å². The number of rotatable bonds is 6. The van der Waals surface area contributed by atoms with Crippen molar-refractivity contribution in [2.75, 3.05) is 20.3 Å². The highest BCUT2D eigenvalue weighted by atomic mass is 16.5. The van der Waals surface area contributed by atoms with E-state index in [1.807, 2.05) is 0 Å². The molecule has 2 unspecified atom stereocenters. The lowest BCUT2D eigenvalue weighted by atomic mass is 9.85. The zero-order valence-corrected chi connectivity index (χ0v) is 11.0. The Balaban J connectivity index is 2.37. The second-order valence-electron chi connectivity index (χ2n) is 4.91. The number of ether oxygens (including phenoxy) is 1. The maximum absolute atomic E-state index is 11.6. The fourth-order valence-electron chi connectivity index (χ4n) is 2.28. The molecule has 3 N–H and O–H groups in total. The molecular weight excluding hydrogens is 236 g/mol. The molecule has 18 heavy (non-hydrogen) atoms. The van der Waals surface area contributed by atoms with Crippen LogP contribution in [0.2, 0.25) is 0 Å². The van der Waals surface area contributed by atoms with E-state index in [9.17, 15) is 14.7 Å². The van der Waals surface area contributed by atoms with Crippen molar-refractivity contribution in [3.8, 4) is 0 Å². The maximum atomic E-state index is 11.6. The van der Waals surface area contributed by atoms with Gasteiger partial charge in [-0.15, -0.1) is 0 Å². The van der Waals surface area contributed by atoms with Gasteiger partial charge in [0.25, 0.3) is 0 Å². The lowest BCUT2D eigenvalue weighted by Gasteiger charge is -2.27. The summed E-state index contributed by atoms with van der Waals surface area (Å²) < 4.78 is 4.87. The van der Waals surface area contributed by atoms with Crippen LogP contribution in [0.1, 0.15) is 32.6 Å². The molecule has 0 spiro atoms. The molecule has 1 fully saturated rings. The number of carboxylic acids is 1. The quantitative estimate of drug-likeness (QED) is 0.619. The van der Waals surface area contributed by atoms with Gasteiger partial charge in [0.05, 0.1) is 5.41 Å². The summed E-state index contributed by atoms with van der Waals surface area (Å²) in [5.74, 6) is -0.843. The molecule has 0 radical (unpaired) electrons. The normalized spacial score (nSPS) is 26.9. The van der Waals surface area contributed by atoms with E-state index in [1.165, 1.54) is 0 Å². The molecule has 0 aromatic rings. The van der Waals surface area contributed by atoms with Crippen molar-refractivity contribution in [3.05, 3.63) is 0 Å². The number of amides is 2. The molecule has 1 rings (SSSR count). The van der Waals surface area contributed by atoms with Crippen molar-refractivity contribution in [1.29, 1.82) is 0 Å². The van der Waals surface area contributed by atoms with E-state index in [0.29, 0.717) is 26.0 Å². The molecule has 1 saturated carbocycles. The minimum atomic E-state index is -0.843. The molecule has 104 valence electrons. The van der Waals surface area contributed by atoms with Crippen molar-refractivity contribution in [3.63, 3.8) is 0 Å². The van der Waals surface area contributed by atoms with Crippen molar-refractivity contribution in [2.24, 2.45) is 5.41 Å². The molecule has 2 atom stereocenters. The van der Waals surface area contributed by atoms with Gasteiger partial charge in [0, 0.05) is 26.3 Å². The smallest absolute Gasteiger partial charge is 0.315 e. The first kappa shape index (κ1) is 14.8. The molecule has 1 aliphatic carbocycles. The third-order valence-corrected chi connectivity index (χ3v) is 3.56. The lowest BCUT2D eigenvalue weighted by molar-refractivity contribution is -0.148.